The molecule has 94 valence electrons. The lowest BCUT2D eigenvalue weighted by Crippen LogP contribution is -2.22. The summed E-state index contributed by atoms with van der Waals surface area (Å²) < 4.78 is 52.2. The van der Waals surface area contributed by atoms with Gasteiger partial charge in [-0.25, -0.2) is 9.78 Å². The molecule has 0 aliphatic rings. The third-order valence-electron chi connectivity index (χ3n) is 1.72. The summed E-state index contributed by atoms with van der Waals surface area (Å²) >= 11 is 0. The summed E-state index contributed by atoms with van der Waals surface area (Å²) in [6.07, 6.45) is -4.48. The van der Waals surface area contributed by atoms with E-state index in [0.717, 1.165) is 6.20 Å². The van der Waals surface area contributed by atoms with Gasteiger partial charge in [-0.2, -0.15) is 4.39 Å². The molecule has 0 spiro atoms. The van der Waals surface area contributed by atoms with Crippen molar-refractivity contribution in [3.8, 4) is 5.75 Å². The van der Waals surface area contributed by atoms with Crippen LogP contribution in [0.25, 0.3) is 0 Å². The Balaban J connectivity index is 3.39. The molecule has 0 fully saturated rings. The van der Waals surface area contributed by atoms with Gasteiger partial charge in [-0.05, 0) is 0 Å². The molecule has 0 bridgehead atoms. The molecule has 0 unspecified atom stereocenters. The van der Waals surface area contributed by atoms with Gasteiger partial charge in [0.05, 0.1) is 0 Å². The highest BCUT2D eigenvalue weighted by molar-refractivity contribution is 5.92. The maximum atomic E-state index is 13.0. The lowest BCUT2D eigenvalue weighted by atomic mass is 10.1. The average molecular weight is 254 g/mol. The average Bonchev–Trinajstić information content (AvgIpc) is 2.18. The molecule has 1 heterocycles. The number of nitrogens with zero attached hydrogens (tertiary/aromatic N) is 1. The number of aromatic carboxylic acids is 1. The number of pyridine rings is 1. The van der Waals surface area contributed by atoms with Crippen molar-refractivity contribution in [3.05, 3.63) is 23.3 Å². The summed E-state index contributed by atoms with van der Waals surface area (Å²) in [6, 6.07) is 0. The van der Waals surface area contributed by atoms with E-state index in [1.807, 2.05) is 0 Å². The molecule has 1 aromatic heterocycles. The highest BCUT2D eigenvalue weighted by atomic mass is 19.4. The Morgan fingerprint density at radius 3 is 2.53 bits per heavy atom. The summed E-state index contributed by atoms with van der Waals surface area (Å²) in [5.41, 5.74) is 3.85. The number of carbonyl (C=O) groups is 1. The maximum Gasteiger partial charge on any atom is 0.573 e. The summed E-state index contributed by atoms with van der Waals surface area (Å²) in [4.78, 5) is 13.7. The van der Waals surface area contributed by atoms with E-state index in [2.05, 4.69) is 9.72 Å². The topological polar surface area (TPSA) is 85.4 Å². The predicted molar refractivity (Wildman–Crippen MR) is 45.7 cm³/mol. The van der Waals surface area contributed by atoms with E-state index in [-0.39, 0.29) is 5.56 Å². The quantitative estimate of drug-likeness (QED) is 0.626. The Morgan fingerprint density at radius 2 is 2.12 bits per heavy atom. The molecule has 1 rings (SSSR count). The molecule has 0 amide bonds. The molecule has 9 heteroatoms. The second-order valence-electron chi connectivity index (χ2n) is 2.84. The fourth-order valence-corrected chi connectivity index (χ4v) is 1.10. The SMILES string of the molecule is NCc1cnc(F)c(OC(F)(F)F)c1C(=O)O. The first kappa shape index (κ1) is 13.2. The lowest BCUT2D eigenvalue weighted by molar-refractivity contribution is -0.275. The third kappa shape index (κ3) is 3.03. The monoisotopic (exact) mass is 254 g/mol. The van der Waals surface area contributed by atoms with Crippen LogP contribution in [0.1, 0.15) is 15.9 Å². The number of carboxylic acid groups (broad SMARTS) is 1. The third-order valence-corrected chi connectivity index (χ3v) is 1.72. The molecule has 3 N–H and O–H groups in total. The fraction of sp³-hybridized carbons (Fsp3) is 0.250. The first-order valence-electron chi connectivity index (χ1n) is 4.12. The van der Waals surface area contributed by atoms with Crippen molar-refractivity contribution < 1.29 is 32.2 Å². The van der Waals surface area contributed by atoms with E-state index in [4.69, 9.17) is 10.8 Å². The number of hydrogen-bond donors (Lipinski definition) is 2. The van der Waals surface area contributed by atoms with Crippen molar-refractivity contribution >= 4 is 5.97 Å². The number of rotatable bonds is 3. The molecule has 0 saturated carbocycles. The Bertz CT molecular complexity index is 447. The minimum atomic E-state index is -5.22. The van der Waals surface area contributed by atoms with Crippen LogP contribution in [0, 0.1) is 5.95 Å². The molecule has 0 aromatic carbocycles. The first-order chi connectivity index (χ1) is 7.76. The van der Waals surface area contributed by atoms with Gasteiger partial charge in [0.25, 0.3) is 5.95 Å². The van der Waals surface area contributed by atoms with E-state index in [1.165, 1.54) is 0 Å². The molecule has 0 atom stereocenters. The first-order valence-corrected chi connectivity index (χ1v) is 4.12. The minimum absolute atomic E-state index is 0.266. The van der Waals surface area contributed by atoms with Crippen LogP contribution in [0.4, 0.5) is 17.6 Å². The molecule has 1 aromatic rings. The van der Waals surface area contributed by atoms with E-state index in [9.17, 15) is 22.4 Å². The molecular weight excluding hydrogens is 248 g/mol. The van der Waals surface area contributed by atoms with Gasteiger partial charge in [0.2, 0.25) is 0 Å². The van der Waals surface area contributed by atoms with Crippen LogP contribution in [0.5, 0.6) is 5.75 Å². The highest BCUT2D eigenvalue weighted by Crippen LogP contribution is 2.30. The van der Waals surface area contributed by atoms with E-state index < -0.39 is 36.1 Å². The van der Waals surface area contributed by atoms with Crippen molar-refractivity contribution in [2.75, 3.05) is 0 Å². The summed E-state index contributed by atoms with van der Waals surface area (Å²) in [5.74, 6) is -4.95. The van der Waals surface area contributed by atoms with Gasteiger partial charge in [-0.3, -0.25) is 0 Å². The number of alkyl halides is 3. The van der Waals surface area contributed by atoms with Crippen molar-refractivity contribution in [3.63, 3.8) is 0 Å². The fourth-order valence-electron chi connectivity index (χ4n) is 1.10. The van der Waals surface area contributed by atoms with Crippen molar-refractivity contribution in [1.29, 1.82) is 0 Å². The van der Waals surface area contributed by atoms with Crippen LogP contribution in [0.2, 0.25) is 0 Å². The van der Waals surface area contributed by atoms with Gasteiger partial charge in [0.1, 0.15) is 5.56 Å². The van der Waals surface area contributed by atoms with Crippen molar-refractivity contribution in [1.82, 2.24) is 4.98 Å². The van der Waals surface area contributed by atoms with Gasteiger partial charge < -0.3 is 15.6 Å². The molecular formula is C8H6F4N2O3. The summed E-state index contributed by atoms with van der Waals surface area (Å²) in [5, 5.41) is 8.70. The van der Waals surface area contributed by atoms with Crippen LogP contribution < -0.4 is 10.5 Å². The Kier molecular flexibility index (Phi) is 3.51. The zero-order valence-corrected chi connectivity index (χ0v) is 8.08. The van der Waals surface area contributed by atoms with Crippen LogP contribution in [0.15, 0.2) is 6.20 Å². The molecule has 0 aliphatic heterocycles. The van der Waals surface area contributed by atoms with Crippen molar-refractivity contribution in [2.45, 2.75) is 12.9 Å². The zero-order chi connectivity index (χ0) is 13.2. The van der Waals surface area contributed by atoms with Crippen LogP contribution in [-0.2, 0) is 6.54 Å². The smallest absolute Gasteiger partial charge is 0.478 e. The van der Waals surface area contributed by atoms with Crippen LogP contribution in [-0.4, -0.2) is 22.4 Å². The second kappa shape index (κ2) is 4.53. The van der Waals surface area contributed by atoms with Gasteiger partial charge in [0.15, 0.2) is 5.75 Å². The number of carboxylic acids is 1. The van der Waals surface area contributed by atoms with Crippen molar-refractivity contribution in [2.24, 2.45) is 5.73 Å². The van der Waals surface area contributed by atoms with E-state index in [1.54, 1.807) is 0 Å². The Hall–Kier alpha value is -1.90. The standard InChI is InChI=1S/C8H6F4N2O3/c9-6-5(17-8(10,11)12)4(7(15)16)3(1-13)2-14-6/h2H,1,13H2,(H,15,16). The Labute approximate surface area is 91.8 Å². The molecule has 0 saturated heterocycles. The number of hydrogen-bond acceptors (Lipinski definition) is 4. The second-order valence-corrected chi connectivity index (χ2v) is 2.84. The lowest BCUT2D eigenvalue weighted by Gasteiger charge is -2.13. The van der Waals surface area contributed by atoms with Gasteiger partial charge in [-0.1, -0.05) is 0 Å². The number of halogens is 4. The van der Waals surface area contributed by atoms with Crippen LogP contribution >= 0.6 is 0 Å². The summed E-state index contributed by atoms with van der Waals surface area (Å²) in [7, 11) is 0. The number of nitrogens with two attached hydrogens (primary N) is 1. The minimum Gasteiger partial charge on any atom is -0.478 e. The predicted octanol–water partition coefficient (Wildman–Crippen LogP) is 1.28. The van der Waals surface area contributed by atoms with E-state index >= 15 is 0 Å². The zero-order valence-electron chi connectivity index (χ0n) is 8.08. The van der Waals surface area contributed by atoms with E-state index in [0.29, 0.717) is 0 Å². The number of ether oxygens (including phenoxy) is 1. The highest BCUT2D eigenvalue weighted by Gasteiger charge is 2.36. The van der Waals surface area contributed by atoms with Gasteiger partial charge in [0, 0.05) is 18.3 Å². The normalized spacial score (nSPS) is 11.4. The molecule has 0 aliphatic carbocycles. The van der Waals surface area contributed by atoms with Gasteiger partial charge in [-0.15, -0.1) is 13.2 Å². The maximum absolute atomic E-state index is 13.0. The largest absolute Gasteiger partial charge is 0.573 e. The molecule has 0 radical (unpaired) electrons. The Morgan fingerprint density at radius 1 is 1.53 bits per heavy atom. The summed E-state index contributed by atoms with van der Waals surface area (Å²) in [6.45, 7) is -0.414. The molecule has 17 heavy (non-hydrogen) atoms. The number of aromatic nitrogens is 1. The molecule has 5 nitrogen and oxygen atoms in total. The van der Waals surface area contributed by atoms with Gasteiger partial charge >= 0.3 is 12.3 Å². The van der Waals surface area contributed by atoms with Crippen LogP contribution in [0.3, 0.4) is 0 Å².